The van der Waals surface area contributed by atoms with Crippen LogP contribution in [0.2, 0.25) is 0 Å². The average molecular weight is 404 g/mol. The van der Waals surface area contributed by atoms with Crippen molar-refractivity contribution in [3.05, 3.63) is 72.2 Å². The van der Waals surface area contributed by atoms with E-state index in [-0.39, 0.29) is 17.6 Å². The van der Waals surface area contributed by atoms with Crippen LogP contribution in [0.25, 0.3) is 17.3 Å². The normalized spacial score (nSPS) is 11.8. The van der Waals surface area contributed by atoms with Crippen molar-refractivity contribution in [1.29, 1.82) is 0 Å². The van der Waals surface area contributed by atoms with Crippen molar-refractivity contribution in [1.82, 2.24) is 30.0 Å². The smallest absolute Gasteiger partial charge is 0.271 e. The molecule has 0 unspecified atom stereocenters. The third kappa shape index (κ3) is 4.04. The lowest BCUT2D eigenvalue weighted by atomic mass is 10.1. The summed E-state index contributed by atoms with van der Waals surface area (Å²) in [5, 5.41) is 6.74. The Labute approximate surface area is 172 Å². The Morgan fingerprint density at radius 3 is 2.70 bits per heavy atom. The van der Waals surface area contributed by atoms with Crippen LogP contribution in [0.4, 0.5) is 0 Å². The number of imidazole rings is 1. The molecule has 0 saturated carbocycles. The SMILES string of the molecule is COc1ccc([C@@H](C)NC(=O)c2cn(-c3cc(-c4nc(C)no4)ccn3)cn2)cc1. The third-order valence-corrected chi connectivity index (χ3v) is 4.56. The van der Waals surface area contributed by atoms with Crippen molar-refractivity contribution in [3.8, 4) is 23.0 Å². The van der Waals surface area contributed by atoms with Crippen molar-refractivity contribution in [2.75, 3.05) is 7.11 Å². The Morgan fingerprint density at radius 1 is 1.20 bits per heavy atom. The lowest BCUT2D eigenvalue weighted by Crippen LogP contribution is -2.26. The second kappa shape index (κ2) is 8.16. The van der Waals surface area contributed by atoms with Crippen molar-refractivity contribution in [2.45, 2.75) is 19.9 Å². The van der Waals surface area contributed by atoms with Crippen LogP contribution < -0.4 is 10.1 Å². The van der Waals surface area contributed by atoms with Crippen LogP contribution in [0, 0.1) is 6.92 Å². The van der Waals surface area contributed by atoms with Gasteiger partial charge in [-0.3, -0.25) is 9.36 Å². The zero-order valence-corrected chi connectivity index (χ0v) is 16.7. The molecular weight excluding hydrogens is 384 g/mol. The topological polar surface area (TPSA) is 108 Å². The van der Waals surface area contributed by atoms with Gasteiger partial charge < -0.3 is 14.6 Å². The molecule has 1 atom stereocenters. The second-order valence-corrected chi connectivity index (χ2v) is 6.68. The number of methoxy groups -OCH3 is 1. The van der Waals surface area contributed by atoms with E-state index in [1.54, 1.807) is 43.1 Å². The summed E-state index contributed by atoms with van der Waals surface area (Å²) in [6.07, 6.45) is 4.80. The van der Waals surface area contributed by atoms with Gasteiger partial charge in [-0.1, -0.05) is 17.3 Å². The van der Waals surface area contributed by atoms with E-state index in [0.29, 0.717) is 17.5 Å². The highest BCUT2D eigenvalue weighted by Gasteiger charge is 2.15. The highest BCUT2D eigenvalue weighted by Crippen LogP contribution is 2.20. The molecule has 0 aliphatic rings. The molecule has 1 N–H and O–H groups in total. The summed E-state index contributed by atoms with van der Waals surface area (Å²) in [4.78, 5) is 25.4. The van der Waals surface area contributed by atoms with E-state index in [1.165, 1.54) is 6.33 Å². The van der Waals surface area contributed by atoms with Crippen LogP contribution in [-0.4, -0.2) is 37.7 Å². The van der Waals surface area contributed by atoms with E-state index in [1.807, 2.05) is 31.2 Å². The zero-order chi connectivity index (χ0) is 21.1. The van der Waals surface area contributed by atoms with Crippen molar-refractivity contribution in [2.24, 2.45) is 0 Å². The van der Waals surface area contributed by atoms with Gasteiger partial charge in [0.2, 0.25) is 0 Å². The molecule has 4 rings (SSSR count). The summed E-state index contributed by atoms with van der Waals surface area (Å²) in [5.74, 6) is 2.03. The first-order chi connectivity index (χ1) is 14.5. The Kier molecular flexibility index (Phi) is 5.25. The zero-order valence-electron chi connectivity index (χ0n) is 16.7. The number of nitrogens with zero attached hydrogens (tertiary/aromatic N) is 5. The number of rotatable bonds is 6. The first-order valence-corrected chi connectivity index (χ1v) is 9.29. The van der Waals surface area contributed by atoms with Crippen molar-refractivity contribution < 1.29 is 14.1 Å². The molecule has 30 heavy (non-hydrogen) atoms. The summed E-state index contributed by atoms with van der Waals surface area (Å²) in [6.45, 7) is 3.66. The largest absolute Gasteiger partial charge is 0.497 e. The molecule has 0 radical (unpaired) electrons. The van der Waals surface area contributed by atoms with Gasteiger partial charge in [0.15, 0.2) is 5.82 Å². The molecule has 0 saturated heterocycles. The number of nitrogens with one attached hydrogen (secondary N) is 1. The molecule has 0 fully saturated rings. The highest BCUT2D eigenvalue weighted by molar-refractivity contribution is 5.92. The standard InChI is InChI=1S/C21H20N6O3/c1-13(15-4-6-17(29-3)7-5-15)24-20(28)18-11-27(12-23-18)19-10-16(8-9-22-19)21-25-14(2)26-30-21/h4-13H,1-3H3,(H,24,28)/t13-/m1/s1. The minimum Gasteiger partial charge on any atom is -0.497 e. The number of ether oxygens (including phenoxy) is 1. The van der Waals surface area contributed by atoms with Crippen LogP contribution in [-0.2, 0) is 0 Å². The number of hydrogen-bond acceptors (Lipinski definition) is 7. The van der Waals surface area contributed by atoms with E-state index in [2.05, 4.69) is 25.4 Å². The van der Waals surface area contributed by atoms with Crippen LogP contribution in [0.5, 0.6) is 5.75 Å². The predicted octanol–water partition coefficient (Wildman–Crippen LogP) is 3.13. The quantitative estimate of drug-likeness (QED) is 0.526. The molecule has 0 aliphatic heterocycles. The van der Waals surface area contributed by atoms with Gasteiger partial charge in [-0.15, -0.1) is 0 Å². The highest BCUT2D eigenvalue weighted by atomic mass is 16.5. The number of aryl methyl sites for hydroxylation is 1. The van der Waals surface area contributed by atoms with Gasteiger partial charge >= 0.3 is 0 Å². The molecule has 3 aromatic heterocycles. The fraction of sp³-hybridized carbons (Fsp3) is 0.190. The van der Waals surface area contributed by atoms with E-state index < -0.39 is 0 Å². The van der Waals surface area contributed by atoms with E-state index >= 15 is 0 Å². The number of hydrogen-bond donors (Lipinski definition) is 1. The van der Waals surface area contributed by atoms with Crippen molar-refractivity contribution in [3.63, 3.8) is 0 Å². The first-order valence-electron chi connectivity index (χ1n) is 9.29. The maximum Gasteiger partial charge on any atom is 0.271 e. The summed E-state index contributed by atoms with van der Waals surface area (Å²) >= 11 is 0. The molecular formula is C21H20N6O3. The van der Waals surface area contributed by atoms with Gasteiger partial charge in [0.05, 0.1) is 13.2 Å². The Hall–Kier alpha value is -4.01. The third-order valence-electron chi connectivity index (χ3n) is 4.56. The minimum absolute atomic E-state index is 0.184. The molecule has 9 nitrogen and oxygen atoms in total. The fourth-order valence-electron chi connectivity index (χ4n) is 2.92. The van der Waals surface area contributed by atoms with E-state index in [0.717, 1.165) is 16.9 Å². The van der Waals surface area contributed by atoms with Gasteiger partial charge in [0, 0.05) is 18.0 Å². The number of carbonyl (C=O) groups excluding carboxylic acids is 1. The fourth-order valence-corrected chi connectivity index (χ4v) is 2.92. The number of aromatic nitrogens is 5. The monoisotopic (exact) mass is 404 g/mol. The number of carbonyl (C=O) groups is 1. The molecule has 1 amide bonds. The lowest BCUT2D eigenvalue weighted by Gasteiger charge is -2.13. The Bertz CT molecular complexity index is 1170. The van der Waals surface area contributed by atoms with Gasteiger partial charge in [-0.05, 0) is 43.7 Å². The van der Waals surface area contributed by atoms with Crippen LogP contribution >= 0.6 is 0 Å². The Balaban J connectivity index is 1.49. The number of amides is 1. The van der Waals surface area contributed by atoms with Crippen LogP contribution in [0.1, 0.15) is 34.8 Å². The van der Waals surface area contributed by atoms with Crippen molar-refractivity contribution >= 4 is 5.91 Å². The maximum absolute atomic E-state index is 12.6. The average Bonchev–Trinajstić information content (AvgIpc) is 3.43. The van der Waals surface area contributed by atoms with E-state index in [9.17, 15) is 4.79 Å². The molecule has 4 aromatic rings. The molecule has 9 heteroatoms. The van der Waals surface area contributed by atoms with Gasteiger partial charge in [-0.2, -0.15) is 4.98 Å². The van der Waals surface area contributed by atoms with Gasteiger partial charge in [-0.25, -0.2) is 9.97 Å². The Morgan fingerprint density at radius 2 is 2.00 bits per heavy atom. The van der Waals surface area contributed by atoms with Crippen LogP contribution in [0.3, 0.4) is 0 Å². The summed E-state index contributed by atoms with van der Waals surface area (Å²) in [6, 6.07) is 10.9. The molecule has 152 valence electrons. The lowest BCUT2D eigenvalue weighted by molar-refractivity contribution is 0.0935. The summed E-state index contributed by atoms with van der Waals surface area (Å²) in [7, 11) is 1.62. The molecule has 0 spiro atoms. The van der Waals surface area contributed by atoms with Gasteiger partial charge in [0.1, 0.15) is 23.6 Å². The summed E-state index contributed by atoms with van der Waals surface area (Å²) in [5.41, 5.74) is 1.98. The molecule has 3 heterocycles. The van der Waals surface area contributed by atoms with Gasteiger partial charge in [0.25, 0.3) is 11.8 Å². The second-order valence-electron chi connectivity index (χ2n) is 6.68. The molecule has 0 aliphatic carbocycles. The summed E-state index contributed by atoms with van der Waals surface area (Å²) < 4.78 is 12.0. The first kappa shape index (κ1) is 19.3. The van der Waals surface area contributed by atoms with E-state index in [4.69, 9.17) is 9.26 Å². The number of pyridine rings is 1. The number of benzene rings is 1. The predicted molar refractivity (Wildman–Crippen MR) is 108 cm³/mol. The molecule has 0 bridgehead atoms. The maximum atomic E-state index is 12.6. The minimum atomic E-state index is -0.277. The van der Waals surface area contributed by atoms with Crippen LogP contribution in [0.15, 0.2) is 59.6 Å². The molecule has 1 aromatic carbocycles.